The third kappa shape index (κ3) is 4.05. The zero-order valence-electron chi connectivity index (χ0n) is 14.3. The van der Waals surface area contributed by atoms with E-state index in [-0.39, 0.29) is 17.9 Å². The second kappa shape index (κ2) is 7.19. The van der Waals surface area contributed by atoms with E-state index in [1.165, 1.54) is 0 Å². The van der Waals surface area contributed by atoms with Crippen LogP contribution in [-0.4, -0.2) is 54.7 Å². The van der Waals surface area contributed by atoms with Crippen molar-refractivity contribution in [2.24, 2.45) is 17.4 Å². The van der Waals surface area contributed by atoms with Gasteiger partial charge in [0.1, 0.15) is 5.54 Å². The van der Waals surface area contributed by atoms with Crippen LogP contribution < -0.4 is 11.5 Å². The largest absolute Gasteiger partial charge is 0.527 e. The summed E-state index contributed by atoms with van der Waals surface area (Å²) in [5.41, 5.74) is 11.0. The van der Waals surface area contributed by atoms with Crippen molar-refractivity contribution in [2.45, 2.75) is 64.0 Å². The van der Waals surface area contributed by atoms with E-state index in [4.69, 9.17) is 20.8 Å². The highest BCUT2D eigenvalue weighted by Gasteiger charge is 2.50. The maximum atomic E-state index is 12.6. The van der Waals surface area contributed by atoms with Crippen LogP contribution in [0.4, 0.5) is 0 Å². The monoisotopic (exact) mass is 325 g/mol. The van der Waals surface area contributed by atoms with E-state index in [1.807, 2.05) is 13.8 Å². The molecule has 23 heavy (non-hydrogen) atoms. The SMILES string of the molecule is CC(C)OB1CCC[C@H]2CN(C(=O)[C@H](C)N)CC[C@@]2(N)C(=O)O1. The molecule has 7 nitrogen and oxygen atoms in total. The standard InChI is InChI=1S/C15H28BN3O4/c1-10(2)22-16-7-4-5-12-9-19(13(20)11(3)17)8-6-15(12,18)14(21)23-16/h10-12H,4-9,17-18H2,1-3H3/t11-,12-,15-/m0/s1. The summed E-state index contributed by atoms with van der Waals surface area (Å²) in [7, 11) is -0.535. The Morgan fingerprint density at radius 2 is 2.17 bits per heavy atom. The number of hydrogen-bond acceptors (Lipinski definition) is 6. The van der Waals surface area contributed by atoms with Crippen molar-refractivity contribution in [1.29, 1.82) is 0 Å². The van der Waals surface area contributed by atoms with Gasteiger partial charge in [0.15, 0.2) is 0 Å². The summed E-state index contributed by atoms with van der Waals surface area (Å²) in [6.45, 7) is 6.38. The Balaban J connectivity index is 2.09. The minimum atomic E-state index is -1.05. The first-order valence-corrected chi connectivity index (χ1v) is 8.44. The summed E-state index contributed by atoms with van der Waals surface area (Å²) >= 11 is 0. The first kappa shape index (κ1) is 18.2. The number of amides is 1. The number of nitrogens with zero attached hydrogens (tertiary/aromatic N) is 1. The van der Waals surface area contributed by atoms with Crippen molar-refractivity contribution in [2.75, 3.05) is 13.1 Å². The van der Waals surface area contributed by atoms with Crippen LogP contribution in [0.3, 0.4) is 0 Å². The van der Waals surface area contributed by atoms with Crippen molar-refractivity contribution in [1.82, 2.24) is 4.90 Å². The lowest BCUT2D eigenvalue weighted by atomic mass is 9.70. The molecule has 0 bridgehead atoms. The van der Waals surface area contributed by atoms with Gasteiger partial charge in [0.2, 0.25) is 5.91 Å². The molecule has 0 spiro atoms. The van der Waals surface area contributed by atoms with Crippen molar-refractivity contribution >= 4 is 19.0 Å². The molecule has 0 aromatic heterocycles. The molecule has 0 radical (unpaired) electrons. The number of carbonyl (C=O) groups is 2. The van der Waals surface area contributed by atoms with Crippen molar-refractivity contribution in [3.05, 3.63) is 0 Å². The Hall–Kier alpha value is -1.12. The fourth-order valence-electron chi connectivity index (χ4n) is 3.37. The van der Waals surface area contributed by atoms with Crippen LogP contribution in [0, 0.1) is 5.92 Å². The maximum Gasteiger partial charge on any atom is 0.527 e. The minimum absolute atomic E-state index is 0.0118. The number of fused-ring (bicyclic) bond motifs is 1. The molecule has 2 saturated heterocycles. The second-order valence-electron chi connectivity index (χ2n) is 7.01. The van der Waals surface area contributed by atoms with Gasteiger partial charge in [0, 0.05) is 25.1 Å². The van der Waals surface area contributed by atoms with E-state index >= 15 is 0 Å². The van der Waals surface area contributed by atoms with Crippen LogP contribution in [0.2, 0.25) is 6.32 Å². The van der Waals surface area contributed by atoms with E-state index in [9.17, 15) is 9.59 Å². The van der Waals surface area contributed by atoms with Crippen LogP contribution in [0.25, 0.3) is 0 Å². The molecule has 2 fully saturated rings. The van der Waals surface area contributed by atoms with E-state index in [1.54, 1.807) is 11.8 Å². The van der Waals surface area contributed by atoms with Gasteiger partial charge in [-0.2, -0.15) is 0 Å². The van der Waals surface area contributed by atoms with Gasteiger partial charge in [-0.1, -0.05) is 6.42 Å². The highest BCUT2D eigenvalue weighted by Crippen LogP contribution is 2.34. The number of rotatable bonds is 3. The highest BCUT2D eigenvalue weighted by molar-refractivity contribution is 6.47. The van der Waals surface area contributed by atoms with Crippen molar-refractivity contribution < 1.29 is 18.9 Å². The number of piperidine rings is 1. The molecule has 2 aliphatic rings. The predicted octanol–water partition coefficient (Wildman–Crippen LogP) is 0.130. The fraction of sp³-hybridized carbons (Fsp3) is 0.867. The lowest BCUT2D eigenvalue weighted by molar-refractivity contribution is -0.151. The quantitative estimate of drug-likeness (QED) is 0.714. The summed E-state index contributed by atoms with van der Waals surface area (Å²) in [5.74, 6) is -0.615. The number of likely N-dealkylation sites (tertiary alicyclic amines) is 1. The van der Waals surface area contributed by atoms with Gasteiger partial charge in [-0.15, -0.1) is 0 Å². The van der Waals surface area contributed by atoms with Gasteiger partial charge in [0.05, 0.1) is 6.04 Å². The normalized spacial score (nSPS) is 30.3. The molecular formula is C15H28BN3O4. The first-order valence-electron chi connectivity index (χ1n) is 8.44. The molecule has 4 N–H and O–H groups in total. The Morgan fingerprint density at radius 1 is 1.48 bits per heavy atom. The van der Waals surface area contributed by atoms with Crippen LogP contribution >= 0.6 is 0 Å². The Labute approximate surface area is 138 Å². The zero-order chi connectivity index (χ0) is 17.2. The molecule has 0 aromatic carbocycles. The molecule has 2 rings (SSSR count). The predicted molar refractivity (Wildman–Crippen MR) is 87.4 cm³/mol. The van der Waals surface area contributed by atoms with Crippen LogP contribution in [0.15, 0.2) is 0 Å². The summed E-state index contributed by atoms with van der Waals surface area (Å²) in [5, 5.41) is 0. The topological polar surface area (TPSA) is 108 Å². The van der Waals surface area contributed by atoms with Gasteiger partial charge >= 0.3 is 13.1 Å². The first-order chi connectivity index (χ1) is 10.7. The smallest absolute Gasteiger partial charge is 0.508 e. The zero-order valence-corrected chi connectivity index (χ0v) is 14.3. The summed E-state index contributed by atoms with van der Waals surface area (Å²) in [4.78, 5) is 26.4. The number of carbonyl (C=O) groups excluding carboxylic acids is 2. The van der Waals surface area contributed by atoms with Crippen molar-refractivity contribution in [3.8, 4) is 0 Å². The van der Waals surface area contributed by atoms with Crippen LogP contribution in [0.5, 0.6) is 0 Å². The van der Waals surface area contributed by atoms with E-state index in [0.717, 1.165) is 12.8 Å². The average Bonchev–Trinajstić information content (AvgIpc) is 2.46. The molecule has 0 aromatic rings. The lowest BCUT2D eigenvalue weighted by Gasteiger charge is -2.45. The molecular weight excluding hydrogens is 297 g/mol. The van der Waals surface area contributed by atoms with Crippen molar-refractivity contribution in [3.63, 3.8) is 0 Å². The van der Waals surface area contributed by atoms with Crippen LogP contribution in [-0.2, 0) is 18.9 Å². The van der Waals surface area contributed by atoms with E-state index in [2.05, 4.69) is 0 Å². The van der Waals surface area contributed by atoms with Crippen LogP contribution in [0.1, 0.15) is 40.0 Å². The molecule has 0 unspecified atom stereocenters. The molecule has 1 amide bonds. The number of nitrogens with two attached hydrogens (primary N) is 2. The number of hydrogen-bond donors (Lipinski definition) is 2. The molecule has 2 aliphatic heterocycles. The molecule has 0 aliphatic carbocycles. The van der Waals surface area contributed by atoms with Gasteiger partial charge in [0.25, 0.3) is 0 Å². The van der Waals surface area contributed by atoms with Gasteiger partial charge in [-0.3, -0.25) is 9.59 Å². The molecule has 8 heteroatoms. The third-order valence-corrected chi connectivity index (χ3v) is 4.70. The summed E-state index contributed by atoms with van der Waals surface area (Å²) < 4.78 is 11.1. The third-order valence-electron chi connectivity index (χ3n) is 4.70. The van der Waals surface area contributed by atoms with Gasteiger partial charge in [-0.25, -0.2) is 0 Å². The Kier molecular flexibility index (Phi) is 5.70. The molecule has 0 saturated carbocycles. The van der Waals surface area contributed by atoms with E-state index < -0.39 is 24.7 Å². The summed E-state index contributed by atoms with van der Waals surface area (Å²) in [6, 6.07) is -0.537. The molecule has 3 atom stereocenters. The molecule has 2 heterocycles. The molecule has 130 valence electrons. The summed E-state index contributed by atoms with van der Waals surface area (Å²) in [6.07, 6.45) is 2.64. The minimum Gasteiger partial charge on any atom is -0.508 e. The highest BCUT2D eigenvalue weighted by atomic mass is 16.6. The Morgan fingerprint density at radius 3 is 2.78 bits per heavy atom. The maximum absolute atomic E-state index is 12.6. The average molecular weight is 325 g/mol. The second-order valence-corrected chi connectivity index (χ2v) is 7.01. The van der Waals surface area contributed by atoms with E-state index in [0.29, 0.717) is 25.8 Å². The van der Waals surface area contributed by atoms with Gasteiger partial charge in [-0.05, 0) is 39.9 Å². The lowest BCUT2D eigenvalue weighted by Crippen LogP contribution is -2.65. The Bertz CT molecular complexity index is 460. The van der Waals surface area contributed by atoms with Gasteiger partial charge < -0.3 is 25.7 Å². The fourth-order valence-corrected chi connectivity index (χ4v) is 3.37.